The van der Waals surface area contributed by atoms with Crippen molar-refractivity contribution in [2.75, 3.05) is 40.1 Å². The monoisotopic (exact) mass is 440 g/mol. The van der Waals surface area contributed by atoms with Crippen LogP contribution in [0.4, 0.5) is 0 Å². The van der Waals surface area contributed by atoms with Gasteiger partial charge in [-0.1, -0.05) is 32.2 Å². The molecule has 6 nitrogen and oxygen atoms in total. The van der Waals surface area contributed by atoms with Gasteiger partial charge in [-0.3, -0.25) is 4.79 Å². The third-order valence-corrected chi connectivity index (χ3v) is 4.85. The first-order chi connectivity index (χ1) is 15.6. The highest BCUT2D eigenvalue weighted by Crippen LogP contribution is 2.37. The van der Waals surface area contributed by atoms with Crippen molar-refractivity contribution in [1.82, 2.24) is 0 Å². The zero-order chi connectivity index (χ0) is 23.3. The molecule has 0 saturated carbocycles. The number of carbonyl (C=O) groups is 1. The Kier molecular flexibility index (Phi) is 10.5. The smallest absolute Gasteiger partial charge is 0.197 e. The Morgan fingerprint density at radius 3 is 2.22 bits per heavy atom. The third-order valence-electron chi connectivity index (χ3n) is 4.85. The van der Waals surface area contributed by atoms with Crippen molar-refractivity contribution in [2.45, 2.75) is 19.8 Å². The fraction of sp³-hybridized carbons (Fsp3) is 0.346. The number of methoxy groups -OCH3 is 1. The van der Waals surface area contributed by atoms with Gasteiger partial charge in [0.2, 0.25) is 0 Å². The first-order valence-corrected chi connectivity index (χ1v) is 10.6. The molecule has 172 valence electrons. The number of carbonyl (C=O) groups excluding carboxylic acids is 1. The van der Waals surface area contributed by atoms with Gasteiger partial charge in [-0.15, -0.1) is 0 Å². The molecule has 6 heteroatoms. The van der Waals surface area contributed by atoms with Crippen molar-refractivity contribution in [3.63, 3.8) is 0 Å². The lowest BCUT2D eigenvalue weighted by Gasteiger charge is -2.21. The lowest BCUT2D eigenvalue weighted by molar-refractivity contribution is 0.0937. The summed E-state index contributed by atoms with van der Waals surface area (Å²) < 4.78 is 22.5. The molecule has 32 heavy (non-hydrogen) atoms. The van der Waals surface area contributed by atoms with Crippen LogP contribution in [-0.4, -0.2) is 51.0 Å². The summed E-state index contributed by atoms with van der Waals surface area (Å²) in [7, 11) is 1.58. The summed E-state index contributed by atoms with van der Waals surface area (Å²) in [5, 5.41) is 9.03. The zero-order valence-corrected chi connectivity index (χ0v) is 18.9. The number of rotatable bonds is 15. The maximum Gasteiger partial charge on any atom is 0.197 e. The number of ketones is 1. The predicted octanol–water partition coefficient (Wildman–Crippen LogP) is 4.17. The van der Waals surface area contributed by atoms with E-state index in [1.807, 2.05) is 6.92 Å². The van der Waals surface area contributed by atoms with E-state index in [0.717, 1.165) is 11.1 Å². The summed E-state index contributed by atoms with van der Waals surface area (Å²) in [6.07, 6.45) is 4.43. The molecule has 0 aliphatic rings. The number of benzene rings is 2. The maximum absolute atomic E-state index is 13.6. The van der Waals surface area contributed by atoms with Gasteiger partial charge in [-0.05, 0) is 48.2 Å². The molecule has 0 aliphatic heterocycles. The van der Waals surface area contributed by atoms with E-state index in [1.54, 1.807) is 49.6 Å². The second-order valence-electron chi connectivity index (χ2n) is 6.90. The first-order valence-electron chi connectivity index (χ1n) is 10.6. The molecule has 0 aromatic heterocycles. The van der Waals surface area contributed by atoms with Crippen molar-refractivity contribution >= 4 is 5.78 Å². The SMILES string of the molecule is C=CCOc1cc(OCC=C)c(C(=O)c2ccc(OC)cc2)c(CCOCCO)c1CC. The first kappa shape index (κ1) is 25.2. The molecule has 0 bridgehead atoms. The second-order valence-corrected chi connectivity index (χ2v) is 6.90. The quantitative estimate of drug-likeness (QED) is 0.255. The highest BCUT2D eigenvalue weighted by molar-refractivity contribution is 6.12. The highest BCUT2D eigenvalue weighted by Gasteiger charge is 2.25. The van der Waals surface area contributed by atoms with Crippen LogP contribution < -0.4 is 14.2 Å². The van der Waals surface area contributed by atoms with E-state index in [-0.39, 0.29) is 25.6 Å². The van der Waals surface area contributed by atoms with Gasteiger partial charge in [0.15, 0.2) is 5.78 Å². The summed E-state index contributed by atoms with van der Waals surface area (Å²) in [4.78, 5) is 13.6. The minimum absolute atomic E-state index is 0.0611. The maximum atomic E-state index is 13.6. The van der Waals surface area contributed by atoms with Gasteiger partial charge < -0.3 is 24.1 Å². The molecular formula is C26H32O6. The van der Waals surface area contributed by atoms with E-state index >= 15 is 0 Å². The Balaban J connectivity index is 2.63. The lowest BCUT2D eigenvalue weighted by Crippen LogP contribution is -2.15. The molecule has 0 radical (unpaired) electrons. The van der Waals surface area contributed by atoms with Crippen LogP contribution in [-0.2, 0) is 17.6 Å². The van der Waals surface area contributed by atoms with Crippen LogP contribution >= 0.6 is 0 Å². The van der Waals surface area contributed by atoms with Crippen LogP contribution in [0.2, 0.25) is 0 Å². The molecule has 0 unspecified atom stereocenters. The molecule has 0 amide bonds. The molecule has 0 saturated heterocycles. The summed E-state index contributed by atoms with van der Waals surface area (Å²) in [5.41, 5.74) is 2.73. The Morgan fingerprint density at radius 2 is 1.66 bits per heavy atom. The van der Waals surface area contributed by atoms with E-state index < -0.39 is 0 Å². The van der Waals surface area contributed by atoms with E-state index in [1.165, 1.54) is 0 Å². The molecular weight excluding hydrogens is 408 g/mol. The summed E-state index contributed by atoms with van der Waals surface area (Å²) >= 11 is 0. The molecule has 2 aromatic carbocycles. The van der Waals surface area contributed by atoms with Crippen LogP contribution in [0.1, 0.15) is 34.0 Å². The lowest BCUT2D eigenvalue weighted by atomic mass is 9.90. The highest BCUT2D eigenvalue weighted by atomic mass is 16.5. The predicted molar refractivity (Wildman–Crippen MR) is 125 cm³/mol. The van der Waals surface area contributed by atoms with Gasteiger partial charge in [0, 0.05) is 11.6 Å². The summed E-state index contributed by atoms with van der Waals surface area (Å²) in [6, 6.07) is 8.74. The standard InChI is InChI=1S/C26H32O6/c1-5-14-31-23-18-24(32-15-6-2)25(22(21(23)7-3)12-16-30-17-13-27)26(28)19-8-10-20(29-4)11-9-19/h5-6,8-11,18,27H,1-2,7,12-17H2,3-4H3. The van der Waals surface area contributed by atoms with Gasteiger partial charge in [-0.25, -0.2) is 0 Å². The summed E-state index contributed by atoms with van der Waals surface area (Å²) in [5.74, 6) is 1.59. The number of aliphatic hydroxyl groups is 1. The van der Waals surface area contributed by atoms with Gasteiger partial charge in [0.1, 0.15) is 30.5 Å². The second kappa shape index (κ2) is 13.3. The van der Waals surface area contributed by atoms with Crippen LogP contribution in [0.15, 0.2) is 55.6 Å². The van der Waals surface area contributed by atoms with E-state index in [2.05, 4.69) is 13.2 Å². The van der Waals surface area contributed by atoms with E-state index in [9.17, 15) is 4.79 Å². The van der Waals surface area contributed by atoms with Gasteiger partial charge in [-0.2, -0.15) is 0 Å². The van der Waals surface area contributed by atoms with Gasteiger partial charge in [0.05, 0.1) is 32.5 Å². The average molecular weight is 441 g/mol. The average Bonchev–Trinajstić information content (AvgIpc) is 2.83. The number of ether oxygens (including phenoxy) is 4. The molecule has 2 rings (SSSR count). The Hall–Kier alpha value is -3.09. The van der Waals surface area contributed by atoms with Gasteiger partial charge in [0.25, 0.3) is 0 Å². The number of hydrogen-bond donors (Lipinski definition) is 1. The van der Waals surface area contributed by atoms with Gasteiger partial charge >= 0.3 is 0 Å². The summed E-state index contributed by atoms with van der Waals surface area (Å²) in [6.45, 7) is 10.5. The van der Waals surface area contributed by atoms with Crippen molar-refractivity contribution in [1.29, 1.82) is 0 Å². The Morgan fingerprint density at radius 1 is 1.00 bits per heavy atom. The van der Waals surface area contributed by atoms with Crippen molar-refractivity contribution in [3.05, 3.63) is 77.9 Å². The Labute approximate surface area is 190 Å². The molecule has 0 heterocycles. The molecule has 0 atom stereocenters. The largest absolute Gasteiger partial charge is 0.497 e. The molecule has 1 N–H and O–H groups in total. The number of hydrogen-bond acceptors (Lipinski definition) is 6. The number of aliphatic hydroxyl groups excluding tert-OH is 1. The normalized spacial score (nSPS) is 10.5. The minimum atomic E-state index is -0.158. The molecule has 0 aliphatic carbocycles. The van der Waals surface area contributed by atoms with E-state index in [0.29, 0.717) is 54.4 Å². The topological polar surface area (TPSA) is 74.2 Å². The molecule has 0 spiro atoms. The fourth-order valence-corrected chi connectivity index (χ4v) is 3.41. The van der Waals surface area contributed by atoms with Crippen molar-refractivity contribution in [3.8, 4) is 17.2 Å². The fourth-order valence-electron chi connectivity index (χ4n) is 3.41. The van der Waals surface area contributed by atoms with Crippen LogP contribution in [0, 0.1) is 0 Å². The van der Waals surface area contributed by atoms with Crippen molar-refractivity contribution in [2.24, 2.45) is 0 Å². The van der Waals surface area contributed by atoms with Crippen molar-refractivity contribution < 1.29 is 28.8 Å². The van der Waals surface area contributed by atoms with E-state index in [4.69, 9.17) is 24.1 Å². The minimum Gasteiger partial charge on any atom is -0.497 e. The third kappa shape index (κ3) is 6.45. The zero-order valence-electron chi connectivity index (χ0n) is 18.9. The van der Waals surface area contributed by atoms with Crippen LogP contribution in [0.25, 0.3) is 0 Å². The molecule has 2 aromatic rings. The molecule has 0 fully saturated rings. The Bertz CT molecular complexity index is 902. The van der Waals surface area contributed by atoms with Crippen LogP contribution in [0.5, 0.6) is 17.2 Å². The van der Waals surface area contributed by atoms with Crippen LogP contribution in [0.3, 0.4) is 0 Å².